The zero-order valence-electron chi connectivity index (χ0n) is 27.3. The molecule has 0 aliphatic heterocycles. The van der Waals surface area contributed by atoms with Crippen LogP contribution >= 0.6 is 12.2 Å². The quantitative estimate of drug-likeness (QED) is 0.138. The van der Waals surface area contributed by atoms with E-state index in [0.717, 1.165) is 0 Å². The van der Waals surface area contributed by atoms with Gasteiger partial charge in [-0.2, -0.15) is 9.89 Å². The average Bonchev–Trinajstić information content (AvgIpc) is 3.46. The van der Waals surface area contributed by atoms with Gasteiger partial charge in [0.15, 0.2) is 27.1 Å². The number of thiocarbonyl (C=S) groups is 1. The van der Waals surface area contributed by atoms with E-state index in [-0.39, 0.29) is 22.2 Å². The SMILES string of the molecule is CC(C)S(=O)(=O)c1ccc(-c2cnc(N(C(=O)OC(C)(C)C)C(=O)OC(C)(C)C)c(-c3cc(-c4ccc(N=C=S)cc4)no3)n2)cc1. The van der Waals surface area contributed by atoms with Crippen LogP contribution in [0.5, 0.6) is 0 Å². The smallest absolute Gasteiger partial charge is 0.425 e. The number of amides is 2. The van der Waals surface area contributed by atoms with Crippen LogP contribution < -0.4 is 4.90 Å². The molecule has 2 heterocycles. The Morgan fingerprint density at radius 1 is 0.894 bits per heavy atom. The van der Waals surface area contributed by atoms with Crippen LogP contribution in [-0.4, -0.2) is 57.3 Å². The first-order valence-corrected chi connectivity index (χ1v) is 16.5. The molecule has 0 bridgehead atoms. The molecule has 47 heavy (non-hydrogen) atoms. The molecule has 0 saturated heterocycles. The van der Waals surface area contributed by atoms with Gasteiger partial charge in [0.1, 0.15) is 16.9 Å². The highest BCUT2D eigenvalue weighted by molar-refractivity contribution is 7.92. The van der Waals surface area contributed by atoms with Crippen LogP contribution in [0.2, 0.25) is 0 Å². The molecule has 0 unspecified atom stereocenters. The van der Waals surface area contributed by atoms with Crippen LogP contribution in [0.4, 0.5) is 21.1 Å². The van der Waals surface area contributed by atoms with Crippen molar-refractivity contribution in [3.05, 3.63) is 60.8 Å². The predicted molar refractivity (Wildman–Crippen MR) is 180 cm³/mol. The molecular weight excluding hydrogens is 643 g/mol. The molecule has 0 N–H and O–H groups in total. The summed E-state index contributed by atoms with van der Waals surface area (Å²) in [5, 5.41) is 5.89. The number of isothiocyanates is 1. The number of hydrogen-bond donors (Lipinski definition) is 0. The zero-order valence-corrected chi connectivity index (χ0v) is 28.9. The van der Waals surface area contributed by atoms with E-state index in [1.54, 1.807) is 97.9 Å². The van der Waals surface area contributed by atoms with Gasteiger partial charge in [0.2, 0.25) is 0 Å². The number of carbonyl (C=O) groups excluding carboxylic acids is 2. The maximum atomic E-state index is 13.5. The molecule has 0 radical (unpaired) electrons. The lowest BCUT2D eigenvalue weighted by atomic mass is 10.1. The number of aliphatic imine (C=N–C) groups is 1. The highest BCUT2D eigenvalue weighted by Gasteiger charge is 2.37. The van der Waals surface area contributed by atoms with E-state index >= 15 is 0 Å². The lowest BCUT2D eigenvalue weighted by molar-refractivity contribution is 0.0429. The molecule has 0 saturated carbocycles. The number of hydrogen-bond acceptors (Lipinski definition) is 12. The normalized spacial score (nSPS) is 11.9. The highest BCUT2D eigenvalue weighted by Crippen LogP contribution is 2.35. The Kier molecular flexibility index (Phi) is 10.1. The van der Waals surface area contributed by atoms with E-state index in [1.807, 2.05) is 0 Å². The number of sulfone groups is 1. The van der Waals surface area contributed by atoms with E-state index in [0.29, 0.717) is 33.1 Å². The number of rotatable bonds is 7. The van der Waals surface area contributed by atoms with Gasteiger partial charge in [0.05, 0.1) is 32.9 Å². The van der Waals surface area contributed by atoms with Crippen LogP contribution in [0.15, 0.2) is 75.2 Å². The van der Waals surface area contributed by atoms with Gasteiger partial charge in [0.25, 0.3) is 0 Å². The summed E-state index contributed by atoms with van der Waals surface area (Å²) in [7, 11) is -3.51. The number of benzene rings is 2. The minimum atomic E-state index is -3.51. The number of anilines is 1. The van der Waals surface area contributed by atoms with Crippen molar-refractivity contribution in [2.24, 2.45) is 4.99 Å². The Labute approximate surface area is 278 Å². The fourth-order valence-corrected chi connectivity index (χ4v) is 5.25. The predicted octanol–water partition coefficient (Wildman–Crippen LogP) is 8.06. The molecule has 4 aromatic rings. The van der Waals surface area contributed by atoms with E-state index in [4.69, 9.17) is 19.0 Å². The van der Waals surface area contributed by atoms with Crippen molar-refractivity contribution in [2.45, 2.75) is 76.7 Å². The molecule has 246 valence electrons. The molecule has 12 nitrogen and oxygen atoms in total. The summed E-state index contributed by atoms with van der Waals surface area (Å²) >= 11 is 4.67. The molecule has 2 aromatic carbocycles. The minimum Gasteiger partial charge on any atom is -0.443 e. The van der Waals surface area contributed by atoms with Crippen molar-refractivity contribution in [1.29, 1.82) is 0 Å². The lowest BCUT2D eigenvalue weighted by Gasteiger charge is -2.28. The molecule has 0 fully saturated rings. The molecule has 0 atom stereocenters. The number of ether oxygens (including phenoxy) is 2. The standard InChI is InChI=1S/C33H35N5O7S2/c1-20(2)47(41,42)24-15-11-22(12-16-24)26-18-34-29(38(30(39)43-32(3,4)5)31(40)44-33(6,7)8)28(36-26)27-17-25(37-45-27)21-9-13-23(14-10-21)35-19-46/h9-18,20H,1-8H3. The Morgan fingerprint density at radius 2 is 1.43 bits per heavy atom. The van der Waals surface area contributed by atoms with Crippen LogP contribution in [-0.2, 0) is 19.3 Å². The summed E-state index contributed by atoms with van der Waals surface area (Å²) in [5.41, 5.74) is 0.537. The van der Waals surface area contributed by atoms with Gasteiger partial charge in [0, 0.05) is 17.2 Å². The summed E-state index contributed by atoms with van der Waals surface area (Å²) in [4.78, 5) is 41.0. The van der Waals surface area contributed by atoms with Crippen molar-refractivity contribution < 1.29 is 32.0 Å². The molecule has 0 aliphatic rings. The fourth-order valence-electron chi connectivity index (χ4n) is 4.08. The van der Waals surface area contributed by atoms with Gasteiger partial charge in [-0.1, -0.05) is 29.4 Å². The van der Waals surface area contributed by atoms with Crippen LogP contribution in [0, 0.1) is 0 Å². The Hall–Kier alpha value is -4.78. The van der Waals surface area contributed by atoms with Gasteiger partial charge in [-0.05, 0) is 91.9 Å². The Morgan fingerprint density at radius 3 is 1.94 bits per heavy atom. The third kappa shape index (κ3) is 8.53. The highest BCUT2D eigenvalue weighted by atomic mass is 32.2. The third-order valence-corrected chi connectivity index (χ3v) is 8.56. The summed E-state index contributed by atoms with van der Waals surface area (Å²) in [6.45, 7) is 13.1. The van der Waals surface area contributed by atoms with Crippen LogP contribution in [0.1, 0.15) is 55.4 Å². The second-order valence-electron chi connectivity index (χ2n) is 12.7. The Balaban J connectivity index is 1.89. The molecule has 2 aromatic heterocycles. The van der Waals surface area contributed by atoms with Crippen molar-refractivity contribution in [3.8, 4) is 34.0 Å². The largest absolute Gasteiger partial charge is 0.443 e. The van der Waals surface area contributed by atoms with Crippen molar-refractivity contribution >= 4 is 50.9 Å². The first-order chi connectivity index (χ1) is 21.9. The number of aromatic nitrogens is 3. The van der Waals surface area contributed by atoms with Crippen LogP contribution in [0.25, 0.3) is 34.0 Å². The van der Waals surface area contributed by atoms with Gasteiger partial charge in [-0.15, -0.1) is 0 Å². The van der Waals surface area contributed by atoms with Crippen molar-refractivity contribution in [3.63, 3.8) is 0 Å². The summed E-state index contributed by atoms with van der Waals surface area (Å²) in [6.07, 6.45) is -0.750. The Bertz CT molecular complexity index is 1910. The van der Waals surface area contributed by atoms with E-state index in [9.17, 15) is 18.0 Å². The van der Waals surface area contributed by atoms with Gasteiger partial charge in [-0.3, -0.25) is 0 Å². The molecular formula is C33H35N5O7S2. The summed E-state index contributed by atoms with van der Waals surface area (Å²) in [6, 6.07) is 14.7. The second kappa shape index (κ2) is 13.5. The van der Waals surface area contributed by atoms with E-state index < -0.39 is 38.5 Å². The molecule has 2 amide bonds. The summed E-state index contributed by atoms with van der Waals surface area (Å²) in [5.74, 6) is -0.161. The maximum absolute atomic E-state index is 13.5. The van der Waals surface area contributed by atoms with Gasteiger partial charge in [-0.25, -0.2) is 28.0 Å². The third-order valence-electron chi connectivity index (χ3n) is 6.30. The van der Waals surface area contributed by atoms with Gasteiger partial charge < -0.3 is 14.0 Å². The fraction of sp³-hybridized carbons (Fsp3) is 0.333. The first kappa shape index (κ1) is 35.1. The van der Waals surface area contributed by atoms with Gasteiger partial charge >= 0.3 is 12.2 Å². The summed E-state index contributed by atoms with van der Waals surface area (Å²) < 4.78 is 42.2. The zero-order chi connectivity index (χ0) is 34.7. The lowest BCUT2D eigenvalue weighted by Crippen LogP contribution is -2.44. The number of nitrogens with zero attached hydrogens (tertiary/aromatic N) is 5. The topological polar surface area (TPSA) is 154 Å². The molecule has 4 rings (SSSR count). The van der Waals surface area contributed by atoms with Crippen molar-refractivity contribution in [1.82, 2.24) is 15.1 Å². The molecule has 14 heteroatoms. The van der Waals surface area contributed by atoms with E-state index in [1.165, 1.54) is 18.3 Å². The monoisotopic (exact) mass is 677 g/mol. The molecule has 0 aliphatic carbocycles. The molecule has 0 spiro atoms. The maximum Gasteiger partial charge on any atom is 0.425 e. The van der Waals surface area contributed by atoms with E-state index in [2.05, 4.69) is 32.5 Å². The second-order valence-corrected chi connectivity index (χ2v) is 15.4. The number of carbonyl (C=O) groups is 2. The average molecular weight is 678 g/mol. The first-order valence-electron chi connectivity index (χ1n) is 14.5. The van der Waals surface area contributed by atoms with Crippen molar-refractivity contribution in [2.75, 3.05) is 4.90 Å². The number of imide groups is 1. The van der Waals surface area contributed by atoms with Crippen LogP contribution in [0.3, 0.4) is 0 Å². The minimum absolute atomic E-state index is 0.0289.